The molecule has 0 fully saturated rings. The first kappa shape index (κ1) is 9.82. The molecule has 0 atom stereocenters. The van der Waals surface area contributed by atoms with Gasteiger partial charge in [-0.25, -0.2) is 0 Å². The highest BCUT2D eigenvalue weighted by atomic mass is 16.7. The second-order valence-electron chi connectivity index (χ2n) is 2.32. The Morgan fingerprint density at radius 2 is 2.07 bits per heavy atom. The van der Waals surface area contributed by atoms with Gasteiger partial charge >= 0.3 is 0 Å². The van der Waals surface area contributed by atoms with Gasteiger partial charge in [-0.15, -0.1) is 4.91 Å². The SMILES string of the molecule is [2H]C([2H])(CO)N(CC(OCC)OCC)N=O. The van der Waals surface area contributed by atoms with Crippen LogP contribution in [0.5, 0.6) is 0 Å². The molecule has 0 radical (unpaired) electrons. The highest BCUT2D eigenvalue weighted by molar-refractivity contribution is 4.54. The summed E-state index contributed by atoms with van der Waals surface area (Å²) in [6.07, 6.45) is -0.741. The summed E-state index contributed by atoms with van der Waals surface area (Å²) in [6.45, 7) is 1.05. The maximum absolute atomic E-state index is 10.5. The van der Waals surface area contributed by atoms with E-state index in [4.69, 9.17) is 17.3 Å². The minimum atomic E-state index is -2.21. The van der Waals surface area contributed by atoms with E-state index in [1.807, 2.05) is 0 Å². The average Bonchev–Trinajstić information content (AvgIpc) is 2.26. The minimum Gasteiger partial charge on any atom is -0.394 e. The Hall–Kier alpha value is -0.720. The van der Waals surface area contributed by atoms with E-state index in [2.05, 4.69) is 5.29 Å². The summed E-state index contributed by atoms with van der Waals surface area (Å²) in [6, 6.07) is 0. The van der Waals surface area contributed by atoms with Gasteiger partial charge in [0.2, 0.25) is 0 Å². The summed E-state index contributed by atoms with van der Waals surface area (Å²) >= 11 is 0. The van der Waals surface area contributed by atoms with Gasteiger partial charge < -0.3 is 14.6 Å². The van der Waals surface area contributed by atoms with Crippen LogP contribution in [0.4, 0.5) is 0 Å². The molecule has 0 aliphatic rings. The molecule has 0 bridgehead atoms. The molecule has 0 aliphatic carbocycles. The zero-order chi connectivity index (χ0) is 12.6. The van der Waals surface area contributed by atoms with Crippen molar-refractivity contribution in [2.45, 2.75) is 20.1 Å². The van der Waals surface area contributed by atoms with Crippen LogP contribution in [-0.2, 0) is 9.47 Å². The number of aliphatic hydroxyl groups excluding tert-OH is 1. The molecule has 0 unspecified atom stereocenters. The molecule has 0 rings (SSSR count). The zero-order valence-corrected chi connectivity index (χ0v) is 8.47. The van der Waals surface area contributed by atoms with Crippen LogP contribution in [-0.4, -0.2) is 49.3 Å². The number of hydrogen-bond acceptors (Lipinski definition) is 5. The Kier molecular flexibility index (Phi) is 6.21. The normalized spacial score (nSPS) is 13.7. The van der Waals surface area contributed by atoms with Crippen molar-refractivity contribution in [1.82, 2.24) is 5.01 Å². The molecule has 0 amide bonds. The molecule has 0 aliphatic heterocycles. The molecular formula is C8H18N2O4. The van der Waals surface area contributed by atoms with E-state index in [1.165, 1.54) is 0 Å². The summed E-state index contributed by atoms with van der Waals surface area (Å²) < 4.78 is 24.9. The molecule has 84 valence electrons. The number of hydrogen-bond donors (Lipinski definition) is 1. The number of nitroso groups, excluding NO2 is 1. The second-order valence-corrected chi connectivity index (χ2v) is 2.32. The lowest BCUT2D eigenvalue weighted by atomic mass is 10.5. The first-order valence-corrected chi connectivity index (χ1v) is 4.46. The maximum Gasteiger partial charge on any atom is 0.176 e. The topological polar surface area (TPSA) is 71.4 Å². The van der Waals surface area contributed by atoms with E-state index >= 15 is 0 Å². The second kappa shape index (κ2) is 8.86. The van der Waals surface area contributed by atoms with Crippen molar-refractivity contribution in [3.05, 3.63) is 4.91 Å². The number of aliphatic hydroxyl groups is 1. The molecule has 0 saturated carbocycles. The van der Waals surface area contributed by atoms with Crippen LogP contribution in [0, 0.1) is 4.91 Å². The van der Waals surface area contributed by atoms with Crippen molar-refractivity contribution in [2.24, 2.45) is 5.29 Å². The molecule has 1 N–H and O–H groups in total. The van der Waals surface area contributed by atoms with Gasteiger partial charge in [-0.3, -0.25) is 5.01 Å². The van der Waals surface area contributed by atoms with Gasteiger partial charge in [0.05, 0.1) is 27.7 Å². The van der Waals surface area contributed by atoms with Crippen LogP contribution in [0.2, 0.25) is 0 Å². The van der Waals surface area contributed by atoms with Crippen molar-refractivity contribution in [3.8, 4) is 0 Å². The third kappa shape index (κ3) is 5.85. The van der Waals surface area contributed by atoms with Crippen molar-refractivity contribution in [3.63, 3.8) is 0 Å². The van der Waals surface area contributed by atoms with E-state index in [1.54, 1.807) is 13.8 Å². The van der Waals surface area contributed by atoms with Gasteiger partial charge in [-0.05, 0) is 13.8 Å². The number of ether oxygens (including phenoxy) is 2. The predicted octanol–water partition coefficient (Wildman–Crippen LogP) is 0.361. The number of nitrogens with zero attached hydrogens (tertiary/aromatic N) is 2. The van der Waals surface area contributed by atoms with Gasteiger partial charge in [0.25, 0.3) is 0 Å². The third-order valence-electron chi connectivity index (χ3n) is 1.38. The van der Waals surface area contributed by atoms with Crippen molar-refractivity contribution in [1.29, 1.82) is 0 Å². The lowest BCUT2D eigenvalue weighted by molar-refractivity contribution is -0.147. The molecule has 0 heterocycles. The van der Waals surface area contributed by atoms with Crippen LogP contribution in [0.25, 0.3) is 0 Å². The van der Waals surface area contributed by atoms with Gasteiger partial charge in [0.1, 0.15) is 0 Å². The molecule has 0 aromatic carbocycles. The Morgan fingerprint density at radius 3 is 2.43 bits per heavy atom. The van der Waals surface area contributed by atoms with Crippen molar-refractivity contribution < 1.29 is 17.3 Å². The first-order chi connectivity index (χ1) is 7.51. The fourth-order valence-electron chi connectivity index (χ4n) is 0.875. The third-order valence-corrected chi connectivity index (χ3v) is 1.38. The summed E-state index contributed by atoms with van der Waals surface area (Å²) in [5.74, 6) is 0. The molecule has 6 nitrogen and oxygen atoms in total. The molecule has 0 saturated heterocycles. The largest absolute Gasteiger partial charge is 0.394 e. The predicted molar refractivity (Wildman–Crippen MR) is 51.5 cm³/mol. The van der Waals surface area contributed by atoms with Gasteiger partial charge in [-0.1, -0.05) is 0 Å². The lowest BCUT2D eigenvalue weighted by Gasteiger charge is -2.21. The van der Waals surface area contributed by atoms with Crippen molar-refractivity contribution >= 4 is 0 Å². The summed E-state index contributed by atoms with van der Waals surface area (Å²) in [5.41, 5.74) is 0. The first-order valence-electron chi connectivity index (χ1n) is 5.46. The smallest absolute Gasteiger partial charge is 0.176 e. The highest BCUT2D eigenvalue weighted by Crippen LogP contribution is 2.00. The van der Waals surface area contributed by atoms with E-state index in [9.17, 15) is 4.91 Å². The standard InChI is InChI=1S/C8H18N2O4/c1-3-13-8(14-4-2)7-10(9-12)5-6-11/h8,11H,3-7H2,1-2H3/i5D2. The average molecular weight is 208 g/mol. The fourth-order valence-corrected chi connectivity index (χ4v) is 0.875. The summed E-state index contributed by atoms with van der Waals surface area (Å²) in [7, 11) is 0. The fraction of sp³-hybridized carbons (Fsp3) is 1.00. The molecule has 6 heteroatoms. The van der Waals surface area contributed by atoms with E-state index in [-0.39, 0.29) is 6.54 Å². The van der Waals surface area contributed by atoms with Gasteiger partial charge in [-0.2, -0.15) is 0 Å². The molecule has 0 spiro atoms. The van der Waals surface area contributed by atoms with Crippen molar-refractivity contribution in [2.75, 3.05) is 32.9 Å². The van der Waals surface area contributed by atoms with Crippen LogP contribution in [0.3, 0.4) is 0 Å². The minimum absolute atomic E-state index is 0.168. The molecule has 14 heavy (non-hydrogen) atoms. The van der Waals surface area contributed by atoms with E-state index in [0.29, 0.717) is 18.2 Å². The lowest BCUT2D eigenvalue weighted by Crippen LogP contribution is -2.33. The molecular weight excluding hydrogens is 188 g/mol. The molecule has 0 aromatic heterocycles. The summed E-state index contributed by atoms with van der Waals surface area (Å²) in [5, 5.41) is 11.9. The van der Waals surface area contributed by atoms with Crippen LogP contribution >= 0.6 is 0 Å². The van der Waals surface area contributed by atoms with Crippen LogP contribution in [0.1, 0.15) is 16.6 Å². The molecule has 0 aromatic rings. The van der Waals surface area contributed by atoms with Crippen LogP contribution < -0.4 is 0 Å². The monoisotopic (exact) mass is 208 g/mol. The quantitative estimate of drug-likeness (QED) is 0.336. The van der Waals surface area contributed by atoms with E-state index < -0.39 is 19.4 Å². The Morgan fingerprint density at radius 1 is 1.50 bits per heavy atom. The van der Waals surface area contributed by atoms with Gasteiger partial charge in [0, 0.05) is 13.2 Å². The maximum atomic E-state index is 10.5. The Bertz CT molecular complexity index is 200. The van der Waals surface area contributed by atoms with Gasteiger partial charge in [0.15, 0.2) is 6.29 Å². The zero-order valence-electron chi connectivity index (χ0n) is 10.5. The highest BCUT2D eigenvalue weighted by Gasteiger charge is 2.13. The summed E-state index contributed by atoms with van der Waals surface area (Å²) in [4.78, 5) is 10.5. The van der Waals surface area contributed by atoms with E-state index in [0.717, 1.165) is 0 Å². The number of rotatable bonds is 9. The van der Waals surface area contributed by atoms with Crippen LogP contribution in [0.15, 0.2) is 5.29 Å². The Balaban J connectivity index is 4.41. The Labute approximate surface area is 86.5 Å².